The van der Waals surface area contributed by atoms with E-state index in [9.17, 15) is 4.79 Å². The second-order valence-electron chi connectivity index (χ2n) is 6.78. The van der Waals surface area contributed by atoms with Crippen LogP contribution in [-0.2, 0) is 17.8 Å². The van der Waals surface area contributed by atoms with Gasteiger partial charge in [-0.05, 0) is 23.6 Å². The van der Waals surface area contributed by atoms with Crippen LogP contribution in [0, 0.1) is 5.92 Å². The number of nitrogens with one attached hydrogen (secondary N) is 1. The van der Waals surface area contributed by atoms with E-state index in [4.69, 9.17) is 4.98 Å². The van der Waals surface area contributed by atoms with Crippen molar-refractivity contribution in [3.63, 3.8) is 0 Å². The molecule has 3 rings (SSSR count). The van der Waals surface area contributed by atoms with Gasteiger partial charge in [-0.2, -0.15) is 0 Å². The molecule has 1 aromatic heterocycles. The first-order valence-electron chi connectivity index (χ1n) is 8.88. The number of nitrogens with zero attached hydrogens (tertiary/aromatic N) is 2. The topological polar surface area (TPSA) is 46.9 Å². The molecule has 0 spiro atoms. The molecular weight excluding hydrogens is 310 g/mol. The molecule has 130 valence electrons. The number of carbonyl (C=O) groups excluding carboxylic acids is 1. The van der Waals surface area contributed by atoms with E-state index in [1.54, 1.807) is 0 Å². The van der Waals surface area contributed by atoms with Crippen LogP contribution in [0.5, 0.6) is 0 Å². The first-order chi connectivity index (χ1) is 12.1. The minimum Gasteiger partial charge on any atom is -0.356 e. The molecule has 4 heteroatoms. The third kappa shape index (κ3) is 4.47. The molecule has 1 amide bonds. The Morgan fingerprint density at radius 2 is 1.80 bits per heavy atom. The molecular formula is C21H25N3O. The van der Waals surface area contributed by atoms with Gasteiger partial charge in [-0.25, -0.2) is 4.98 Å². The maximum absolute atomic E-state index is 12.1. The molecule has 0 bridgehead atoms. The number of amides is 1. The average molecular weight is 335 g/mol. The molecule has 1 heterocycles. The average Bonchev–Trinajstić information content (AvgIpc) is 2.96. The predicted molar refractivity (Wildman–Crippen MR) is 101 cm³/mol. The van der Waals surface area contributed by atoms with E-state index in [0.29, 0.717) is 18.9 Å². The lowest BCUT2D eigenvalue weighted by atomic mass is 10.1. The van der Waals surface area contributed by atoms with E-state index in [-0.39, 0.29) is 5.91 Å². The highest BCUT2D eigenvalue weighted by molar-refractivity contribution is 5.78. The summed E-state index contributed by atoms with van der Waals surface area (Å²) < 4.78 is 2.18. The van der Waals surface area contributed by atoms with Gasteiger partial charge in [0.25, 0.3) is 0 Å². The second kappa shape index (κ2) is 7.97. The minimum absolute atomic E-state index is 0.0946. The number of hydrogen-bond acceptors (Lipinski definition) is 2. The number of imidazole rings is 1. The van der Waals surface area contributed by atoms with E-state index in [1.807, 2.05) is 36.4 Å². The van der Waals surface area contributed by atoms with E-state index >= 15 is 0 Å². The second-order valence-corrected chi connectivity index (χ2v) is 6.78. The Morgan fingerprint density at radius 1 is 1.08 bits per heavy atom. The summed E-state index contributed by atoms with van der Waals surface area (Å²) in [4.78, 5) is 16.9. The third-order valence-electron chi connectivity index (χ3n) is 4.21. The smallest absolute Gasteiger partial charge is 0.221 e. The maximum Gasteiger partial charge on any atom is 0.221 e. The molecule has 0 saturated heterocycles. The summed E-state index contributed by atoms with van der Waals surface area (Å²) in [5.41, 5.74) is 3.30. The molecule has 0 saturated carbocycles. The van der Waals surface area contributed by atoms with Crippen molar-refractivity contribution in [1.29, 1.82) is 0 Å². The highest BCUT2D eigenvalue weighted by Crippen LogP contribution is 2.19. The Balaban J connectivity index is 1.80. The standard InChI is InChI=1S/C21H25N3O/c1-16(2)15-22-21(25)12-13-24-19-11-7-6-10-18(19)23-20(24)14-17-8-4-3-5-9-17/h3-11,16H,12-15H2,1-2H3,(H,22,25). The summed E-state index contributed by atoms with van der Waals surface area (Å²) in [5.74, 6) is 1.56. The van der Waals surface area contributed by atoms with E-state index in [2.05, 4.69) is 41.9 Å². The summed E-state index contributed by atoms with van der Waals surface area (Å²) in [6.07, 6.45) is 1.23. The fraction of sp³-hybridized carbons (Fsp3) is 0.333. The zero-order valence-corrected chi connectivity index (χ0v) is 14.9. The molecule has 0 unspecified atom stereocenters. The highest BCUT2D eigenvalue weighted by Gasteiger charge is 2.12. The van der Waals surface area contributed by atoms with E-state index in [0.717, 1.165) is 29.8 Å². The largest absolute Gasteiger partial charge is 0.356 e. The van der Waals surface area contributed by atoms with Crippen molar-refractivity contribution in [3.05, 3.63) is 66.0 Å². The molecule has 0 radical (unpaired) electrons. The van der Waals surface area contributed by atoms with Gasteiger partial charge in [0.1, 0.15) is 5.82 Å². The van der Waals surface area contributed by atoms with Crippen LogP contribution in [0.15, 0.2) is 54.6 Å². The van der Waals surface area contributed by atoms with Crippen molar-refractivity contribution in [2.45, 2.75) is 33.2 Å². The summed E-state index contributed by atoms with van der Waals surface area (Å²) >= 11 is 0. The zero-order chi connectivity index (χ0) is 17.6. The number of rotatable bonds is 7. The van der Waals surface area contributed by atoms with Crippen molar-refractivity contribution in [2.75, 3.05) is 6.54 Å². The lowest BCUT2D eigenvalue weighted by Gasteiger charge is -2.11. The Bertz CT molecular complexity index is 837. The summed E-state index contributed by atoms with van der Waals surface area (Å²) in [7, 11) is 0. The van der Waals surface area contributed by atoms with Crippen LogP contribution in [0.25, 0.3) is 11.0 Å². The summed E-state index contributed by atoms with van der Waals surface area (Å²) in [5, 5.41) is 2.99. The van der Waals surface area contributed by atoms with Crippen molar-refractivity contribution in [1.82, 2.24) is 14.9 Å². The molecule has 0 fully saturated rings. The first-order valence-corrected chi connectivity index (χ1v) is 8.88. The normalized spacial score (nSPS) is 11.2. The van der Waals surface area contributed by atoms with Gasteiger partial charge >= 0.3 is 0 Å². The molecule has 0 aliphatic carbocycles. The van der Waals surface area contributed by atoms with E-state index < -0.39 is 0 Å². The summed E-state index contributed by atoms with van der Waals surface area (Å²) in [6.45, 7) is 5.57. The van der Waals surface area contributed by atoms with Gasteiger partial charge in [0.2, 0.25) is 5.91 Å². The van der Waals surface area contributed by atoms with Gasteiger partial charge in [-0.1, -0.05) is 56.3 Å². The zero-order valence-electron chi connectivity index (χ0n) is 14.9. The number of fused-ring (bicyclic) bond motifs is 1. The predicted octanol–water partition coefficient (Wildman–Crippen LogP) is 3.79. The Morgan fingerprint density at radius 3 is 2.56 bits per heavy atom. The van der Waals surface area contributed by atoms with Gasteiger partial charge in [-0.3, -0.25) is 4.79 Å². The van der Waals surface area contributed by atoms with Gasteiger partial charge in [-0.15, -0.1) is 0 Å². The number of hydrogen-bond donors (Lipinski definition) is 1. The van der Waals surface area contributed by atoms with Crippen molar-refractivity contribution < 1.29 is 4.79 Å². The molecule has 3 aromatic rings. The van der Waals surface area contributed by atoms with Crippen molar-refractivity contribution >= 4 is 16.9 Å². The number of para-hydroxylation sites is 2. The molecule has 4 nitrogen and oxygen atoms in total. The molecule has 0 aliphatic heterocycles. The van der Waals surface area contributed by atoms with Crippen molar-refractivity contribution in [2.24, 2.45) is 5.92 Å². The Kier molecular flexibility index (Phi) is 5.49. The maximum atomic E-state index is 12.1. The highest BCUT2D eigenvalue weighted by atomic mass is 16.1. The SMILES string of the molecule is CC(C)CNC(=O)CCn1c(Cc2ccccc2)nc2ccccc21. The number of aromatic nitrogens is 2. The van der Waals surface area contributed by atoms with Crippen LogP contribution >= 0.6 is 0 Å². The van der Waals surface area contributed by atoms with Gasteiger partial charge in [0.05, 0.1) is 11.0 Å². The van der Waals surface area contributed by atoms with Crippen molar-refractivity contribution in [3.8, 4) is 0 Å². The molecule has 0 atom stereocenters. The molecule has 25 heavy (non-hydrogen) atoms. The van der Waals surface area contributed by atoms with Gasteiger partial charge < -0.3 is 9.88 Å². The van der Waals surface area contributed by atoms with Crippen LogP contribution < -0.4 is 5.32 Å². The molecule has 0 aliphatic rings. The van der Waals surface area contributed by atoms with Crippen LogP contribution in [0.1, 0.15) is 31.7 Å². The lowest BCUT2D eigenvalue weighted by Crippen LogP contribution is -2.28. The van der Waals surface area contributed by atoms with Gasteiger partial charge in [0.15, 0.2) is 0 Å². The van der Waals surface area contributed by atoms with Gasteiger partial charge in [0, 0.05) is 25.9 Å². The van der Waals surface area contributed by atoms with Crippen LogP contribution in [0.4, 0.5) is 0 Å². The Labute approximate surface area is 148 Å². The molecule has 2 aromatic carbocycles. The summed E-state index contributed by atoms with van der Waals surface area (Å²) in [6, 6.07) is 18.4. The molecule has 1 N–H and O–H groups in total. The van der Waals surface area contributed by atoms with Crippen LogP contribution in [0.2, 0.25) is 0 Å². The fourth-order valence-electron chi connectivity index (χ4n) is 2.91. The third-order valence-corrected chi connectivity index (χ3v) is 4.21. The lowest BCUT2D eigenvalue weighted by molar-refractivity contribution is -0.121. The minimum atomic E-state index is 0.0946. The first kappa shape index (κ1) is 17.2. The fourth-order valence-corrected chi connectivity index (χ4v) is 2.91. The monoisotopic (exact) mass is 335 g/mol. The number of carbonyl (C=O) groups is 1. The number of aryl methyl sites for hydroxylation is 1. The van der Waals surface area contributed by atoms with Crippen LogP contribution in [0.3, 0.4) is 0 Å². The number of benzene rings is 2. The van der Waals surface area contributed by atoms with E-state index in [1.165, 1.54) is 5.56 Å². The quantitative estimate of drug-likeness (QED) is 0.714. The van der Waals surface area contributed by atoms with Crippen LogP contribution in [-0.4, -0.2) is 22.0 Å². The Hall–Kier alpha value is -2.62.